The van der Waals surface area contributed by atoms with Crippen molar-refractivity contribution < 1.29 is 14.3 Å². The second-order valence-corrected chi connectivity index (χ2v) is 5.81. The number of nitrogens with zero attached hydrogens (tertiary/aromatic N) is 3. The third-order valence-electron chi connectivity index (χ3n) is 3.75. The molecule has 3 rings (SSSR count). The van der Waals surface area contributed by atoms with Crippen molar-refractivity contribution in [3.63, 3.8) is 0 Å². The van der Waals surface area contributed by atoms with Crippen molar-refractivity contribution in [2.24, 2.45) is 0 Å². The number of hydrogen-bond acceptors (Lipinski definition) is 6. The molecule has 0 saturated heterocycles. The van der Waals surface area contributed by atoms with E-state index < -0.39 is 5.97 Å². The van der Waals surface area contributed by atoms with E-state index in [1.54, 1.807) is 42.6 Å². The summed E-state index contributed by atoms with van der Waals surface area (Å²) < 4.78 is 6.27. The standard InChI is InChI=1S/C19H18N4O4/c1-2-10-27-19(26)13-5-7-14(8-6-13)22-16(24)11-23-12-21-17-15(18(23)25)4-3-9-20-17/h3-9,12H,2,10-11H2,1H3,(H,22,24). The van der Waals surface area contributed by atoms with Gasteiger partial charge >= 0.3 is 5.97 Å². The SMILES string of the molecule is CCCOC(=O)c1ccc(NC(=O)Cn2cnc3ncccc3c2=O)cc1. The molecule has 1 amide bonds. The molecule has 0 saturated carbocycles. The molecule has 0 atom stereocenters. The molecule has 3 aromatic rings. The zero-order chi connectivity index (χ0) is 19.2. The van der Waals surface area contributed by atoms with E-state index in [0.29, 0.717) is 28.9 Å². The normalized spacial score (nSPS) is 10.6. The van der Waals surface area contributed by atoms with E-state index in [9.17, 15) is 14.4 Å². The zero-order valence-corrected chi connectivity index (χ0v) is 14.7. The van der Waals surface area contributed by atoms with Gasteiger partial charge in [0.25, 0.3) is 5.56 Å². The van der Waals surface area contributed by atoms with E-state index in [-0.39, 0.29) is 18.0 Å². The fraction of sp³-hybridized carbons (Fsp3) is 0.211. The molecule has 138 valence electrons. The van der Waals surface area contributed by atoms with Gasteiger partial charge in [-0.25, -0.2) is 14.8 Å². The number of hydrogen-bond donors (Lipinski definition) is 1. The minimum atomic E-state index is -0.405. The molecule has 2 aromatic heterocycles. The largest absolute Gasteiger partial charge is 0.462 e. The summed E-state index contributed by atoms with van der Waals surface area (Å²) in [6.45, 7) is 2.09. The summed E-state index contributed by atoms with van der Waals surface area (Å²) in [7, 11) is 0. The fourth-order valence-electron chi connectivity index (χ4n) is 2.43. The average molecular weight is 366 g/mol. The Morgan fingerprint density at radius 1 is 1.15 bits per heavy atom. The lowest BCUT2D eigenvalue weighted by atomic mass is 10.2. The Hall–Kier alpha value is -3.55. The Morgan fingerprint density at radius 2 is 1.93 bits per heavy atom. The Bertz CT molecular complexity index is 1030. The minimum Gasteiger partial charge on any atom is -0.462 e. The highest BCUT2D eigenvalue weighted by Crippen LogP contribution is 2.11. The molecule has 27 heavy (non-hydrogen) atoms. The van der Waals surface area contributed by atoms with Crippen LogP contribution in [0.5, 0.6) is 0 Å². The summed E-state index contributed by atoms with van der Waals surface area (Å²) in [6.07, 6.45) is 3.59. The highest BCUT2D eigenvalue weighted by Gasteiger charge is 2.10. The van der Waals surface area contributed by atoms with Crippen LogP contribution < -0.4 is 10.9 Å². The van der Waals surface area contributed by atoms with Crippen molar-refractivity contribution in [3.8, 4) is 0 Å². The van der Waals surface area contributed by atoms with E-state index in [1.807, 2.05) is 6.92 Å². The van der Waals surface area contributed by atoms with Gasteiger partial charge in [0.2, 0.25) is 5.91 Å². The van der Waals surface area contributed by atoms with Crippen LogP contribution in [0, 0.1) is 0 Å². The van der Waals surface area contributed by atoms with Crippen LogP contribution in [-0.2, 0) is 16.1 Å². The fourth-order valence-corrected chi connectivity index (χ4v) is 2.43. The summed E-state index contributed by atoms with van der Waals surface area (Å²) in [5.74, 6) is -0.791. The number of aromatic nitrogens is 3. The van der Waals surface area contributed by atoms with Crippen molar-refractivity contribution in [2.75, 3.05) is 11.9 Å². The zero-order valence-electron chi connectivity index (χ0n) is 14.7. The first-order chi connectivity index (χ1) is 13.1. The predicted octanol–water partition coefficient (Wildman–Crippen LogP) is 2.00. The molecule has 1 aromatic carbocycles. The third kappa shape index (κ3) is 4.35. The maximum absolute atomic E-state index is 12.4. The van der Waals surface area contributed by atoms with E-state index >= 15 is 0 Å². The van der Waals surface area contributed by atoms with Crippen LogP contribution in [0.15, 0.2) is 53.7 Å². The molecule has 0 fully saturated rings. The highest BCUT2D eigenvalue weighted by molar-refractivity contribution is 5.93. The van der Waals surface area contributed by atoms with Crippen molar-refractivity contribution >= 4 is 28.6 Å². The summed E-state index contributed by atoms with van der Waals surface area (Å²) in [4.78, 5) is 44.4. The molecule has 0 aliphatic carbocycles. The third-order valence-corrected chi connectivity index (χ3v) is 3.75. The van der Waals surface area contributed by atoms with Gasteiger partial charge in [-0.3, -0.25) is 14.2 Å². The number of carbonyl (C=O) groups is 2. The van der Waals surface area contributed by atoms with E-state index in [1.165, 1.54) is 10.9 Å². The van der Waals surface area contributed by atoms with Crippen molar-refractivity contribution in [1.29, 1.82) is 0 Å². The molecule has 1 N–H and O–H groups in total. The number of anilines is 1. The van der Waals surface area contributed by atoms with Crippen molar-refractivity contribution in [1.82, 2.24) is 14.5 Å². The maximum Gasteiger partial charge on any atom is 0.338 e. The van der Waals surface area contributed by atoms with Gasteiger partial charge in [-0.15, -0.1) is 0 Å². The van der Waals surface area contributed by atoms with Gasteiger partial charge in [-0.2, -0.15) is 0 Å². The Balaban J connectivity index is 1.67. The number of benzene rings is 1. The average Bonchev–Trinajstić information content (AvgIpc) is 2.69. The van der Waals surface area contributed by atoms with Crippen LogP contribution in [0.4, 0.5) is 5.69 Å². The van der Waals surface area contributed by atoms with Crippen LogP contribution in [0.2, 0.25) is 0 Å². The highest BCUT2D eigenvalue weighted by atomic mass is 16.5. The second kappa shape index (κ2) is 8.22. The Morgan fingerprint density at radius 3 is 2.67 bits per heavy atom. The monoisotopic (exact) mass is 366 g/mol. The molecule has 0 aliphatic heterocycles. The van der Waals surface area contributed by atoms with Crippen LogP contribution in [-0.4, -0.2) is 33.0 Å². The first kappa shape index (κ1) is 18.2. The van der Waals surface area contributed by atoms with Crippen LogP contribution >= 0.6 is 0 Å². The van der Waals surface area contributed by atoms with E-state index in [2.05, 4.69) is 15.3 Å². The van der Waals surface area contributed by atoms with Gasteiger partial charge in [-0.1, -0.05) is 6.92 Å². The number of nitrogens with one attached hydrogen (secondary N) is 1. The quantitative estimate of drug-likeness (QED) is 0.669. The summed E-state index contributed by atoms with van der Waals surface area (Å²) in [5, 5.41) is 3.03. The molecule has 0 aliphatic rings. The molecule has 2 heterocycles. The Labute approximate surface area is 154 Å². The molecule has 0 bridgehead atoms. The number of esters is 1. The number of rotatable bonds is 6. The first-order valence-electron chi connectivity index (χ1n) is 8.45. The topological polar surface area (TPSA) is 103 Å². The van der Waals surface area contributed by atoms with Gasteiger partial charge in [0.05, 0.1) is 17.6 Å². The molecular weight excluding hydrogens is 348 g/mol. The molecule has 0 spiro atoms. The lowest BCUT2D eigenvalue weighted by Crippen LogP contribution is -2.28. The molecule has 0 unspecified atom stereocenters. The number of carbonyl (C=O) groups excluding carboxylic acids is 2. The predicted molar refractivity (Wildman–Crippen MR) is 99.4 cm³/mol. The summed E-state index contributed by atoms with van der Waals surface area (Å²) in [5.41, 5.74) is 0.918. The van der Waals surface area contributed by atoms with Crippen LogP contribution in [0.1, 0.15) is 23.7 Å². The lowest BCUT2D eigenvalue weighted by molar-refractivity contribution is -0.116. The maximum atomic E-state index is 12.4. The second-order valence-electron chi connectivity index (χ2n) is 5.81. The lowest BCUT2D eigenvalue weighted by Gasteiger charge is -2.08. The minimum absolute atomic E-state index is 0.184. The van der Waals surface area contributed by atoms with Crippen molar-refractivity contribution in [2.45, 2.75) is 19.9 Å². The smallest absolute Gasteiger partial charge is 0.338 e. The number of ether oxygens (including phenoxy) is 1. The number of fused-ring (bicyclic) bond motifs is 1. The van der Waals surface area contributed by atoms with E-state index in [4.69, 9.17) is 4.74 Å². The van der Waals surface area contributed by atoms with E-state index in [0.717, 1.165) is 6.42 Å². The molecule has 8 heteroatoms. The molecular formula is C19H18N4O4. The van der Waals surface area contributed by atoms with Gasteiger partial charge < -0.3 is 10.1 Å². The van der Waals surface area contributed by atoms with Gasteiger partial charge in [0.1, 0.15) is 12.9 Å². The first-order valence-corrected chi connectivity index (χ1v) is 8.45. The summed E-state index contributed by atoms with van der Waals surface area (Å²) in [6, 6.07) is 9.61. The van der Waals surface area contributed by atoms with Gasteiger partial charge in [-0.05, 0) is 42.8 Å². The van der Waals surface area contributed by atoms with Crippen LogP contribution in [0.3, 0.4) is 0 Å². The van der Waals surface area contributed by atoms with Crippen molar-refractivity contribution in [3.05, 3.63) is 64.8 Å². The number of amides is 1. The van der Waals surface area contributed by atoms with Gasteiger partial charge in [0, 0.05) is 11.9 Å². The number of pyridine rings is 1. The van der Waals surface area contributed by atoms with Gasteiger partial charge in [0.15, 0.2) is 5.65 Å². The molecule has 0 radical (unpaired) electrons. The summed E-state index contributed by atoms with van der Waals surface area (Å²) >= 11 is 0. The Kier molecular flexibility index (Phi) is 5.55. The molecule has 8 nitrogen and oxygen atoms in total. The van der Waals surface area contributed by atoms with Crippen LogP contribution in [0.25, 0.3) is 11.0 Å².